The van der Waals surface area contributed by atoms with Crippen LogP contribution in [0.5, 0.6) is 0 Å². The fourth-order valence-electron chi connectivity index (χ4n) is 2.41. The fraction of sp³-hybridized carbons (Fsp3) is 0.600. The molecular formula is C15H25NO3S. The lowest BCUT2D eigenvalue weighted by molar-refractivity contribution is 0.219. The van der Waals surface area contributed by atoms with Crippen molar-refractivity contribution >= 4 is 10.0 Å². The minimum atomic E-state index is -3.57. The van der Waals surface area contributed by atoms with E-state index in [1.807, 2.05) is 32.9 Å². The van der Waals surface area contributed by atoms with Crippen LogP contribution in [0.1, 0.15) is 37.8 Å². The Bertz CT molecular complexity index is 536. The predicted molar refractivity (Wildman–Crippen MR) is 81.3 cm³/mol. The lowest BCUT2D eigenvalue weighted by atomic mass is 10.2. The Labute approximate surface area is 122 Å². The van der Waals surface area contributed by atoms with E-state index in [4.69, 9.17) is 0 Å². The SMILES string of the molecule is CCC(CC)N(CCO)S(=O)(=O)c1cc(C)ccc1C. The van der Waals surface area contributed by atoms with Gasteiger partial charge in [0.2, 0.25) is 10.0 Å². The topological polar surface area (TPSA) is 57.6 Å². The normalized spacial score (nSPS) is 12.3. The summed E-state index contributed by atoms with van der Waals surface area (Å²) >= 11 is 0. The van der Waals surface area contributed by atoms with Gasteiger partial charge in [-0.15, -0.1) is 0 Å². The van der Waals surface area contributed by atoms with Crippen molar-refractivity contribution in [2.75, 3.05) is 13.2 Å². The van der Waals surface area contributed by atoms with Gasteiger partial charge in [-0.1, -0.05) is 26.0 Å². The third-order valence-electron chi connectivity index (χ3n) is 3.60. The van der Waals surface area contributed by atoms with Crippen LogP contribution in [0.15, 0.2) is 23.1 Å². The molecule has 20 heavy (non-hydrogen) atoms. The molecule has 0 saturated carbocycles. The zero-order valence-corrected chi connectivity index (χ0v) is 13.6. The zero-order valence-electron chi connectivity index (χ0n) is 12.8. The van der Waals surface area contributed by atoms with E-state index in [2.05, 4.69) is 0 Å². The molecule has 0 unspecified atom stereocenters. The summed E-state index contributed by atoms with van der Waals surface area (Å²) < 4.78 is 27.2. The molecule has 0 spiro atoms. The maximum Gasteiger partial charge on any atom is 0.243 e. The summed E-state index contributed by atoms with van der Waals surface area (Å²) in [6, 6.07) is 5.36. The van der Waals surface area contributed by atoms with Crippen LogP contribution in [-0.4, -0.2) is 37.0 Å². The van der Waals surface area contributed by atoms with Crippen LogP contribution in [0, 0.1) is 13.8 Å². The number of sulfonamides is 1. The first kappa shape index (κ1) is 17.1. The Hall–Kier alpha value is -0.910. The predicted octanol–water partition coefficient (Wildman–Crippen LogP) is 2.48. The zero-order chi connectivity index (χ0) is 15.3. The van der Waals surface area contributed by atoms with Gasteiger partial charge in [0.15, 0.2) is 0 Å². The number of aliphatic hydroxyl groups excluding tert-OH is 1. The van der Waals surface area contributed by atoms with Crippen molar-refractivity contribution in [3.8, 4) is 0 Å². The number of hydrogen-bond acceptors (Lipinski definition) is 3. The second kappa shape index (κ2) is 7.20. The molecule has 0 aliphatic heterocycles. The molecule has 0 aliphatic rings. The van der Waals surface area contributed by atoms with E-state index in [1.54, 1.807) is 13.0 Å². The Kier molecular flexibility index (Phi) is 6.17. The molecule has 1 N–H and O–H groups in total. The summed E-state index contributed by atoms with van der Waals surface area (Å²) in [4.78, 5) is 0.345. The van der Waals surface area contributed by atoms with Gasteiger partial charge in [-0.05, 0) is 43.9 Å². The van der Waals surface area contributed by atoms with Crippen LogP contribution in [0.25, 0.3) is 0 Å². The molecule has 1 aromatic carbocycles. The van der Waals surface area contributed by atoms with Crippen molar-refractivity contribution in [3.05, 3.63) is 29.3 Å². The maximum absolute atomic E-state index is 12.9. The quantitative estimate of drug-likeness (QED) is 0.841. The molecule has 4 nitrogen and oxygen atoms in total. The standard InChI is InChI=1S/C15H25NO3S/c1-5-14(6-2)16(9-10-17)20(18,19)15-11-12(3)7-8-13(15)4/h7-8,11,14,17H,5-6,9-10H2,1-4H3. The van der Waals surface area contributed by atoms with E-state index in [1.165, 1.54) is 4.31 Å². The van der Waals surface area contributed by atoms with E-state index in [0.717, 1.165) is 24.0 Å². The van der Waals surface area contributed by atoms with Crippen LogP contribution >= 0.6 is 0 Å². The van der Waals surface area contributed by atoms with Crippen molar-refractivity contribution in [2.45, 2.75) is 51.5 Å². The molecule has 0 aromatic heterocycles. The molecule has 0 saturated heterocycles. The van der Waals surface area contributed by atoms with E-state index in [-0.39, 0.29) is 19.2 Å². The highest BCUT2D eigenvalue weighted by Crippen LogP contribution is 2.24. The molecule has 0 heterocycles. The first-order valence-electron chi connectivity index (χ1n) is 7.08. The minimum absolute atomic E-state index is 0.0768. The van der Waals surface area contributed by atoms with Crippen LogP contribution in [0.3, 0.4) is 0 Å². The second-order valence-corrected chi connectivity index (χ2v) is 6.94. The number of rotatable bonds is 7. The number of aryl methyl sites for hydroxylation is 2. The summed E-state index contributed by atoms with van der Waals surface area (Å²) in [6.07, 6.45) is 1.47. The van der Waals surface area contributed by atoms with E-state index in [9.17, 15) is 13.5 Å². The Morgan fingerprint density at radius 1 is 1.20 bits per heavy atom. The number of aliphatic hydroxyl groups is 1. The van der Waals surface area contributed by atoms with Gasteiger partial charge >= 0.3 is 0 Å². The molecule has 1 rings (SSSR count). The van der Waals surface area contributed by atoms with E-state index in [0.29, 0.717) is 4.90 Å². The molecule has 0 amide bonds. The molecule has 0 aliphatic carbocycles. The maximum atomic E-state index is 12.9. The Morgan fingerprint density at radius 3 is 2.30 bits per heavy atom. The molecular weight excluding hydrogens is 274 g/mol. The summed E-state index contributed by atoms with van der Waals surface area (Å²) in [5.41, 5.74) is 1.66. The molecule has 0 bridgehead atoms. The molecule has 0 radical (unpaired) electrons. The van der Waals surface area contributed by atoms with E-state index >= 15 is 0 Å². The summed E-state index contributed by atoms with van der Waals surface area (Å²) in [5, 5.41) is 9.20. The molecule has 1 aromatic rings. The van der Waals surface area contributed by atoms with Crippen LogP contribution in [-0.2, 0) is 10.0 Å². The van der Waals surface area contributed by atoms with Gasteiger partial charge in [-0.3, -0.25) is 0 Å². The Morgan fingerprint density at radius 2 is 1.80 bits per heavy atom. The van der Waals surface area contributed by atoms with Gasteiger partial charge in [0, 0.05) is 12.6 Å². The van der Waals surface area contributed by atoms with Gasteiger partial charge < -0.3 is 5.11 Å². The highest BCUT2D eigenvalue weighted by molar-refractivity contribution is 7.89. The third kappa shape index (κ3) is 3.59. The van der Waals surface area contributed by atoms with Crippen molar-refractivity contribution in [1.82, 2.24) is 4.31 Å². The highest BCUT2D eigenvalue weighted by atomic mass is 32.2. The molecule has 0 atom stereocenters. The summed E-state index contributed by atoms with van der Waals surface area (Å²) in [5.74, 6) is 0. The van der Waals surface area contributed by atoms with Crippen molar-refractivity contribution in [1.29, 1.82) is 0 Å². The number of hydrogen-bond donors (Lipinski definition) is 1. The van der Waals surface area contributed by atoms with Gasteiger partial charge in [-0.25, -0.2) is 8.42 Å². The largest absolute Gasteiger partial charge is 0.395 e. The first-order valence-corrected chi connectivity index (χ1v) is 8.52. The molecule has 0 fully saturated rings. The number of benzene rings is 1. The van der Waals surface area contributed by atoms with Gasteiger partial charge in [0.25, 0.3) is 0 Å². The van der Waals surface area contributed by atoms with Gasteiger partial charge in [0.05, 0.1) is 11.5 Å². The number of nitrogens with zero attached hydrogens (tertiary/aromatic N) is 1. The molecule has 5 heteroatoms. The van der Waals surface area contributed by atoms with Gasteiger partial charge in [-0.2, -0.15) is 4.31 Å². The van der Waals surface area contributed by atoms with Crippen LogP contribution < -0.4 is 0 Å². The van der Waals surface area contributed by atoms with Crippen LogP contribution in [0.2, 0.25) is 0 Å². The van der Waals surface area contributed by atoms with Crippen LogP contribution in [0.4, 0.5) is 0 Å². The monoisotopic (exact) mass is 299 g/mol. The van der Waals surface area contributed by atoms with Crippen molar-refractivity contribution in [3.63, 3.8) is 0 Å². The first-order chi connectivity index (χ1) is 9.38. The lowest BCUT2D eigenvalue weighted by Crippen LogP contribution is -2.41. The summed E-state index contributed by atoms with van der Waals surface area (Å²) in [6.45, 7) is 7.60. The second-order valence-electron chi connectivity index (χ2n) is 5.08. The average molecular weight is 299 g/mol. The Balaban J connectivity index is 3.32. The lowest BCUT2D eigenvalue weighted by Gasteiger charge is -2.29. The van der Waals surface area contributed by atoms with E-state index < -0.39 is 10.0 Å². The van der Waals surface area contributed by atoms with Gasteiger partial charge in [0.1, 0.15) is 0 Å². The highest BCUT2D eigenvalue weighted by Gasteiger charge is 2.30. The summed E-state index contributed by atoms with van der Waals surface area (Å²) in [7, 11) is -3.57. The average Bonchev–Trinajstić information content (AvgIpc) is 2.41. The van der Waals surface area contributed by atoms with Crippen molar-refractivity contribution < 1.29 is 13.5 Å². The smallest absolute Gasteiger partial charge is 0.243 e. The molecule has 114 valence electrons. The minimum Gasteiger partial charge on any atom is -0.395 e. The fourth-order valence-corrected chi connectivity index (χ4v) is 4.48. The third-order valence-corrected chi connectivity index (χ3v) is 5.69. The van der Waals surface area contributed by atoms with Crippen molar-refractivity contribution in [2.24, 2.45) is 0 Å².